The van der Waals surface area contributed by atoms with Crippen molar-refractivity contribution >= 4 is 11.6 Å². The summed E-state index contributed by atoms with van der Waals surface area (Å²) in [5, 5.41) is 10.9. The van der Waals surface area contributed by atoms with Gasteiger partial charge in [-0.15, -0.1) is 0 Å². The van der Waals surface area contributed by atoms with Crippen LogP contribution in [0.25, 0.3) is 0 Å². The number of hydrogen-bond donors (Lipinski definition) is 0. The highest BCUT2D eigenvalue weighted by atomic mass is 35.5. The van der Waals surface area contributed by atoms with Gasteiger partial charge < -0.3 is 4.74 Å². The zero-order valence-corrected chi connectivity index (χ0v) is 6.71. The fourth-order valence-electron chi connectivity index (χ4n) is 0.615. The maximum Gasteiger partial charge on any atom is 0.234 e. The molecule has 0 aliphatic rings. The van der Waals surface area contributed by atoms with E-state index in [1.807, 2.05) is 0 Å². The van der Waals surface area contributed by atoms with Crippen molar-refractivity contribution in [2.75, 3.05) is 0 Å². The van der Waals surface area contributed by atoms with E-state index in [0.29, 0.717) is 5.02 Å². The van der Waals surface area contributed by atoms with Crippen LogP contribution >= 0.6 is 11.6 Å². The molecule has 11 heavy (non-hydrogen) atoms. The molecule has 1 radical (unpaired) electrons. The largest absolute Gasteiger partial charge is 0.444 e. The molecule has 0 N–H and O–H groups in total. The summed E-state index contributed by atoms with van der Waals surface area (Å²) < 4.78 is 4.75. The molecule has 0 aliphatic heterocycles. The van der Waals surface area contributed by atoms with Crippen LogP contribution < -0.4 is 4.74 Å². The van der Waals surface area contributed by atoms with Crippen LogP contribution in [-0.2, 0) is 5.11 Å². The third-order valence-corrected chi connectivity index (χ3v) is 1.29. The summed E-state index contributed by atoms with van der Waals surface area (Å²) in [4.78, 5) is 3.76. The molecule has 0 aromatic carbocycles. The van der Waals surface area contributed by atoms with Crippen LogP contribution in [0.1, 0.15) is 6.92 Å². The Morgan fingerprint density at radius 1 is 1.73 bits per heavy atom. The number of halogens is 1. The molecule has 0 spiro atoms. The van der Waals surface area contributed by atoms with Crippen molar-refractivity contribution in [3.05, 3.63) is 23.4 Å². The molecule has 0 saturated carbocycles. The lowest BCUT2D eigenvalue weighted by Gasteiger charge is -2.05. The van der Waals surface area contributed by atoms with E-state index in [4.69, 9.17) is 16.3 Å². The average molecular weight is 173 g/mol. The first kappa shape index (κ1) is 8.30. The maximum atomic E-state index is 10.5. The lowest BCUT2D eigenvalue weighted by atomic mass is 10.5. The summed E-state index contributed by atoms with van der Waals surface area (Å²) in [6.45, 7) is 1.38. The van der Waals surface area contributed by atoms with Gasteiger partial charge in [-0.1, -0.05) is 11.6 Å². The Labute approximate surface area is 69.6 Å². The van der Waals surface area contributed by atoms with Gasteiger partial charge in [-0.05, 0) is 12.1 Å². The van der Waals surface area contributed by atoms with Gasteiger partial charge in [-0.3, -0.25) is 0 Å². The normalized spacial score (nSPS) is 12.6. The Hall–Kier alpha value is -0.800. The molecule has 0 amide bonds. The molecule has 0 bridgehead atoms. The van der Waals surface area contributed by atoms with Crippen molar-refractivity contribution in [3.63, 3.8) is 0 Å². The van der Waals surface area contributed by atoms with Crippen LogP contribution in [0.4, 0.5) is 0 Å². The molecule has 1 aromatic rings. The lowest BCUT2D eigenvalue weighted by molar-refractivity contribution is -0.0578. The molecule has 59 valence electrons. The third-order valence-electron chi connectivity index (χ3n) is 1.00. The van der Waals surface area contributed by atoms with Crippen molar-refractivity contribution in [3.8, 4) is 5.88 Å². The van der Waals surface area contributed by atoms with Gasteiger partial charge in [0.2, 0.25) is 12.2 Å². The Balaban J connectivity index is 2.78. The average Bonchev–Trinajstić information content (AvgIpc) is 1.93. The highest BCUT2D eigenvalue weighted by molar-refractivity contribution is 6.31. The molecular weight excluding hydrogens is 166 g/mol. The molecule has 3 nitrogen and oxygen atoms in total. The first-order chi connectivity index (χ1) is 5.20. The van der Waals surface area contributed by atoms with Gasteiger partial charge in [-0.25, -0.2) is 4.98 Å². The molecule has 1 heterocycles. The summed E-state index contributed by atoms with van der Waals surface area (Å²) in [6.07, 6.45) is 0.381. The van der Waals surface area contributed by atoms with E-state index in [1.54, 1.807) is 12.1 Å². The number of ether oxygens (including phenoxy) is 1. The van der Waals surface area contributed by atoms with Crippen LogP contribution in [-0.4, -0.2) is 11.3 Å². The van der Waals surface area contributed by atoms with Crippen LogP contribution in [0.5, 0.6) is 5.88 Å². The second-order valence-corrected chi connectivity index (χ2v) is 2.38. The number of aromatic nitrogens is 1. The van der Waals surface area contributed by atoms with Gasteiger partial charge in [0.05, 0.1) is 0 Å². The summed E-state index contributed by atoms with van der Waals surface area (Å²) in [7, 11) is 0. The SMILES string of the molecule is CC([O])Oc1ncccc1Cl. The van der Waals surface area contributed by atoms with E-state index in [9.17, 15) is 5.11 Å². The van der Waals surface area contributed by atoms with Crippen LogP contribution in [0.15, 0.2) is 18.3 Å². The summed E-state index contributed by atoms with van der Waals surface area (Å²) in [5.41, 5.74) is 0. The Morgan fingerprint density at radius 2 is 2.45 bits per heavy atom. The van der Waals surface area contributed by atoms with E-state index in [-0.39, 0.29) is 5.88 Å². The van der Waals surface area contributed by atoms with Gasteiger partial charge in [0, 0.05) is 13.1 Å². The maximum absolute atomic E-state index is 10.5. The molecular formula is C7H7ClNO2. The second-order valence-electron chi connectivity index (χ2n) is 1.98. The minimum Gasteiger partial charge on any atom is -0.444 e. The van der Waals surface area contributed by atoms with Crippen molar-refractivity contribution in [2.45, 2.75) is 13.2 Å². The fraction of sp³-hybridized carbons (Fsp3) is 0.286. The molecule has 1 atom stereocenters. The Bertz CT molecular complexity index is 240. The van der Waals surface area contributed by atoms with E-state index in [2.05, 4.69) is 4.98 Å². The van der Waals surface area contributed by atoms with Crippen molar-refractivity contribution in [2.24, 2.45) is 0 Å². The topological polar surface area (TPSA) is 42.0 Å². The van der Waals surface area contributed by atoms with Crippen LogP contribution in [0.2, 0.25) is 5.02 Å². The predicted octanol–water partition coefficient (Wildman–Crippen LogP) is 1.89. The first-order valence-corrected chi connectivity index (χ1v) is 3.51. The summed E-state index contributed by atoms with van der Waals surface area (Å²) in [5.74, 6) is 0.191. The molecule has 1 aromatic heterocycles. The number of hydrogen-bond acceptors (Lipinski definition) is 2. The second kappa shape index (κ2) is 3.55. The predicted molar refractivity (Wildman–Crippen MR) is 40.0 cm³/mol. The van der Waals surface area contributed by atoms with Gasteiger partial charge in [0.15, 0.2) is 0 Å². The smallest absolute Gasteiger partial charge is 0.234 e. The van der Waals surface area contributed by atoms with Crippen LogP contribution in [0.3, 0.4) is 0 Å². The van der Waals surface area contributed by atoms with E-state index in [0.717, 1.165) is 0 Å². The molecule has 1 rings (SSSR count). The van der Waals surface area contributed by atoms with E-state index < -0.39 is 6.29 Å². The zero-order chi connectivity index (χ0) is 8.27. The fourth-order valence-corrected chi connectivity index (χ4v) is 0.781. The molecule has 4 heteroatoms. The molecule has 0 saturated heterocycles. The monoisotopic (exact) mass is 172 g/mol. The Kier molecular flexibility index (Phi) is 2.68. The molecule has 1 unspecified atom stereocenters. The van der Waals surface area contributed by atoms with Crippen molar-refractivity contribution < 1.29 is 9.84 Å². The highest BCUT2D eigenvalue weighted by Gasteiger charge is 2.04. The highest BCUT2D eigenvalue weighted by Crippen LogP contribution is 2.20. The third kappa shape index (κ3) is 2.37. The van der Waals surface area contributed by atoms with Gasteiger partial charge in [0.1, 0.15) is 5.02 Å². The lowest BCUT2D eigenvalue weighted by Crippen LogP contribution is -2.08. The standard InChI is InChI=1S/C7H7ClNO2/c1-5(10)11-7-6(8)3-2-4-9-7/h2-5H,1H3. The van der Waals surface area contributed by atoms with Gasteiger partial charge in [0.25, 0.3) is 0 Å². The minimum absolute atomic E-state index is 0.191. The van der Waals surface area contributed by atoms with Crippen LogP contribution in [0, 0.1) is 0 Å². The van der Waals surface area contributed by atoms with E-state index >= 15 is 0 Å². The Morgan fingerprint density at radius 3 is 3.00 bits per heavy atom. The summed E-state index contributed by atoms with van der Waals surface area (Å²) >= 11 is 5.64. The molecule has 0 aliphatic carbocycles. The van der Waals surface area contributed by atoms with E-state index in [1.165, 1.54) is 13.1 Å². The van der Waals surface area contributed by atoms with Crippen molar-refractivity contribution in [1.82, 2.24) is 4.98 Å². The van der Waals surface area contributed by atoms with Gasteiger partial charge in [-0.2, -0.15) is 5.11 Å². The number of nitrogens with zero attached hydrogens (tertiary/aromatic N) is 1. The zero-order valence-electron chi connectivity index (χ0n) is 5.95. The quantitative estimate of drug-likeness (QED) is 0.640. The first-order valence-electron chi connectivity index (χ1n) is 3.13. The van der Waals surface area contributed by atoms with Gasteiger partial charge >= 0.3 is 0 Å². The van der Waals surface area contributed by atoms with Crippen molar-refractivity contribution in [1.29, 1.82) is 0 Å². The molecule has 0 fully saturated rings. The summed E-state index contributed by atoms with van der Waals surface area (Å²) in [6, 6.07) is 3.29. The number of pyridine rings is 1. The number of rotatable bonds is 2. The minimum atomic E-state index is -1.14.